The second kappa shape index (κ2) is 8.33. The fraction of sp³-hybridized carbons (Fsp3) is 0.318. The lowest BCUT2D eigenvalue weighted by molar-refractivity contribution is 0.0729. The van der Waals surface area contributed by atoms with Crippen LogP contribution in [0.25, 0.3) is 10.9 Å². The molecular formula is C22H25N3O5S. The number of amides is 1. The van der Waals surface area contributed by atoms with Gasteiger partial charge in [-0.05, 0) is 55.8 Å². The highest BCUT2D eigenvalue weighted by atomic mass is 32.2. The molecule has 2 heterocycles. The minimum absolute atomic E-state index is 0.0160. The summed E-state index contributed by atoms with van der Waals surface area (Å²) in [5, 5.41) is 3.79. The first-order valence-corrected chi connectivity index (χ1v) is 11.4. The largest absolute Gasteiger partial charge is 0.495 e. The molecule has 1 fully saturated rings. The molecule has 9 heteroatoms. The predicted octanol–water partition coefficient (Wildman–Crippen LogP) is 3.07. The van der Waals surface area contributed by atoms with E-state index in [4.69, 9.17) is 9.47 Å². The Labute approximate surface area is 181 Å². The molecule has 0 atom stereocenters. The smallest absolute Gasteiger partial charge is 0.255 e. The summed E-state index contributed by atoms with van der Waals surface area (Å²) in [6.07, 6.45) is 0. The number of aromatic amines is 1. The monoisotopic (exact) mass is 443 g/mol. The molecule has 1 aliphatic rings. The van der Waals surface area contributed by atoms with E-state index in [0.29, 0.717) is 24.5 Å². The Balaban J connectivity index is 1.64. The van der Waals surface area contributed by atoms with Crippen LogP contribution >= 0.6 is 0 Å². The van der Waals surface area contributed by atoms with E-state index < -0.39 is 10.0 Å². The van der Waals surface area contributed by atoms with Crippen LogP contribution in [0.2, 0.25) is 0 Å². The van der Waals surface area contributed by atoms with E-state index in [2.05, 4.69) is 10.3 Å². The number of nitrogens with one attached hydrogen (secondary N) is 2. The lowest BCUT2D eigenvalue weighted by Crippen LogP contribution is -2.40. The molecule has 0 spiro atoms. The first kappa shape index (κ1) is 21.4. The number of ether oxygens (including phenoxy) is 2. The summed E-state index contributed by atoms with van der Waals surface area (Å²) in [6.45, 7) is 5.23. The molecule has 3 aromatic rings. The topological polar surface area (TPSA) is 101 Å². The molecule has 0 bridgehead atoms. The molecule has 1 amide bonds. The Morgan fingerprint density at radius 3 is 2.58 bits per heavy atom. The highest BCUT2D eigenvalue weighted by molar-refractivity contribution is 7.89. The Morgan fingerprint density at radius 2 is 1.87 bits per heavy atom. The van der Waals surface area contributed by atoms with E-state index in [0.717, 1.165) is 22.2 Å². The van der Waals surface area contributed by atoms with Crippen molar-refractivity contribution in [3.63, 3.8) is 0 Å². The number of hydrogen-bond acceptors (Lipinski definition) is 5. The third kappa shape index (κ3) is 4.04. The number of aromatic nitrogens is 1. The van der Waals surface area contributed by atoms with Gasteiger partial charge in [-0.3, -0.25) is 4.79 Å². The SMILES string of the molecule is COc1ccc(NC(=O)c2ccc3[nH]c(C)c(C)c3c2)cc1S(=O)(=O)N1CCOCC1. The average molecular weight is 444 g/mol. The maximum atomic E-state index is 13.1. The molecule has 1 aromatic heterocycles. The van der Waals surface area contributed by atoms with Crippen molar-refractivity contribution in [1.82, 2.24) is 9.29 Å². The van der Waals surface area contributed by atoms with Crippen molar-refractivity contribution in [2.45, 2.75) is 18.7 Å². The number of hydrogen-bond donors (Lipinski definition) is 2. The number of carbonyl (C=O) groups is 1. The second-order valence-corrected chi connectivity index (χ2v) is 9.38. The second-order valence-electron chi connectivity index (χ2n) is 7.47. The van der Waals surface area contributed by atoms with E-state index in [-0.39, 0.29) is 29.6 Å². The van der Waals surface area contributed by atoms with Crippen molar-refractivity contribution in [3.8, 4) is 5.75 Å². The van der Waals surface area contributed by atoms with Crippen molar-refractivity contribution >= 4 is 32.5 Å². The Kier molecular flexibility index (Phi) is 5.74. The van der Waals surface area contributed by atoms with Gasteiger partial charge >= 0.3 is 0 Å². The zero-order chi connectivity index (χ0) is 22.2. The summed E-state index contributed by atoms with van der Waals surface area (Å²) in [6, 6.07) is 10.0. The third-order valence-corrected chi connectivity index (χ3v) is 7.50. The van der Waals surface area contributed by atoms with Gasteiger partial charge in [0.25, 0.3) is 5.91 Å². The van der Waals surface area contributed by atoms with Gasteiger partial charge in [0.15, 0.2) is 0 Å². The number of rotatable bonds is 5. The summed E-state index contributed by atoms with van der Waals surface area (Å²) in [4.78, 5) is 16.2. The molecular weight excluding hydrogens is 418 g/mol. The maximum absolute atomic E-state index is 13.1. The van der Waals surface area contributed by atoms with Gasteiger partial charge in [-0.1, -0.05) is 0 Å². The van der Waals surface area contributed by atoms with Crippen LogP contribution < -0.4 is 10.1 Å². The highest BCUT2D eigenvalue weighted by Gasteiger charge is 2.29. The number of benzene rings is 2. The number of sulfonamides is 1. The van der Waals surface area contributed by atoms with Crippen molar-refractivity contribution in [2.24, 2.45) is 0 Å². The summed E-state index contributed by atoms with van der Waals surface area (Å²) in [5.74, 6) is -0.0932. The predicted molar refractivity (Wildman–Crippen MR) is 118 cm³/mol. The zero-order valence-corrected chi connectivity index (χ0v) is 18.5. The minimum atomic E-state index is -3.79. The van der Waals surface area contributed by atoms with E-state index >= 15 is 0 Å². The fourth-order valence-corrected chi connectivity index (χ4v) is 5.28. The molecule has 0 saturated carbocycles. The Hall–Kier alpha value is -2.88. The molecule has 1 aliphatic heterocycles. The average Bonchev–Trinajstić information content (AvgIpc) is 3.07. The summed E-state index contributed by atoms with van der Waals surface area (Å²) in [7, 11) is -2.37. The van der Waals surface area contributed by atoms with Crippen LogP contribution in [0.5, 0.6) is 5.75 Å². The molecule has 8 nitrogen and oxygen atoms in total. The van der Waals surface area contributed by atoms with Crippen molar-refractivity contribution in [3.05, 3.63) is 53.2 Å². The molecule has 0 radical (unpaired) electrons. The summed E-state index contributed by atoms with van der Waals surface area (Å²) < 4.78 is 38.2. The van der Waals surface area contributed by atoms with Gasteiger partial charge in [0.05, 0.1) is 20.3 Å². The van der Waals surface area contributed by atoms with E-state index in [1.165, 1.54) is 17.5 Å². The number of anilines is 1. The number of H-pyrrole nitrogens is 1. The molecule has 31 heavy (non-hydrogen) atoms. The molecule has 4 rings (SSSR count). The van der Waals surface area contributed by atoms with Gasteiger partial charge in [-0.2, -0.15) is 4.31 Å². The molecule has 2 N–H and O–H groups in total. The molecule has 1 saturated heterocycles. The number of aryl methyl sites for hydroxylation is 2. The van der Waals surface area contributed by atoms with E-state index in [1.54, 1.807) is 18.2 Å². The van der Waals surface area contributed by atoms with Crippen LogP contribution in [0.4, 0.5) is 5.69 Å². The van der Waals surface area contributed by atoms with Crippen LogP contribution in [-0.2, 0) is 14.8 Å². The molecule has 0 unspecified atom stereocenters. The molecule has 2 aromatic carbocycles. The van der Waals surface area contributed by atoms with Gasteiger partial charge in [0.1, 0.15) is 10.6 Å². The van der Waals surface area contributed by atoms with Crippen molar-refractivity contribution < 1.29 is 22.7 Å². The fourth-order valence-electron chi connectivity index (χ4n) is 3.69. The van der Waals surface area contributed by atoms with Gasteiger partial charge in [-0.25, -0.2) is 8.42 Å². The van der Waals surface area contributed by atoms with Crippen LogP contribution in [0.3, 0.4) is 0 Å². The first-order valence-electron chi connectivity index (χ1n) is 9.97. The van der Waals surface area contributed by atoms with E-state index in [1.807, 2.05) is 26.0 Å². The van der Waals surface area contributed by atoms with Crippen LogP contribution in [0.1, 0.15) is 21.6 Å². The third-order valence-electron chi connectivity index (χ3n) is 5.58. The number of carbonyl (C=O) groups excluding carboxylic acids is 1. The standard InChI is InChI=1S/C22H25N3O5S/c1-14-15(2)23-19-6-4-16(12-18(14)19)22(26)24-17-5-7-20(29-3)21(13-17)31(27,28)25-8-10-30-11-9-25/h4-7,12-13,23H,8-11H2,1-3H3,(H,24,26). The minimum Gasteiger partial charge on any atom is -0.495 e. The summed E-state index contributed by atoms with van der Waals surface area (Å²) in [5.41, 5.74) is 3.98. The Bertz CT molecular complexity index is 1240. The number of fused-ring (bicyclic) bond motifs is 1. The van der Waals surface area contributed by atoms with Gasteiger partial charge in [0, 0.05) is 40.9 Å². The first-order chi connectivity index (χ1) is 14.8. The normalized spacial score (nSPS) is 15.2. The molecule has 0 aliphatic carbocycles. The maximum Gasteiger partial charge on any atom is 0.255 e. The highest BCUT2D eigenvalue weighted by Crippen LogP contribution is 2.30. The van der Waals surface area contributed by atoms with Gasteiger partial charge in [-0.15, -0.1) is 0 Å². The summed E-state index contributed by atoms with van der Waals surface area (Å²) >= 11 is 0. The van der Waals surface area contributed by atoms with Crippen LogP contribution in [0.15, 0.2) is 41.3 Å². The Morgan fingerprint density at radius 1 is 1.13 bits per heavy atom. The zero-order valence-electron chi connectivity index (χ0n) is 17.7. The quantitative estimate of drug-likeness (QED) is 0.631. The number of morpholine rings is 1. The lowest BCUT2D eigenvalue weighted by atomic mass is 10.1. The van der Waals surface area contributed by atoms with Crippen LogP contribution in [0, 0.1) is 13.8 Å². The van der Waals surface area contributed by atoms with E-state index in [9.17, 15) is 13.2 Å². The van der Waals surface area contributed by atoms with Gasteiger partial charge < -0.3 is 19.8 Å². The van der Waals surface area contributed by atoms with Crippen LogP contribution in [-0.4, -0.2) is 57.0 Å². The number of nitrogens with zero attached hydrogens (tertiary/aromatic N) is 1. The molecule has 164 valence electrons. The van der Waals surface area contributed by atoms with Crippen molar-refractivity contribution in [1.29, 1.82) is 0 Å². The van der Waals surface area contributed by atoms with Crippen molar-refractivity contribution in [2.75, 3.05) is 38.7 Å². The lowest BCUT2D eigenvalue weighted by Gasteiger charge is -2.26. The number of methoxy groups -OCH3 is 1. The van der Waals surface area contributed by atoms with Gasteiger partial charge in [0.2, 0.25) is 10.0 Å².